The van der Waals surface area contributed by atoms with E-state index < -0.39 is 0 Å². The third-order valence-corrected chi connectivity index (χ3v) is 4.29. The summed E-state index contributed by atoms with van der Waals surface area (Å²) >= 11 is 0. The number of benzene rings is 1. The van der Waals surface area contributed by atoms with E-state index in [1.807, 2.05) is 0 Å². The van der Waals surface area contributed by atoms with Crippen LogP contribution in [0.1, 0.15) is 31.2 Å². The van der Waals surface area contributed by atoms with Gasteiger partial charge in [0.2, 0.25) is 0 Å². The van der Waals surface area contributed by atoms with Crippen molar-refractivity contribution in [2.24, 2.45) is 11.3 Å². The van der Waals surface area contributed by atoms with Crippen LogP contribution in [0.4, 0.5) is 11.4 Å². The van der Waals surface area contributed by atoms with Gasteiger partial charge in [-0.2, -0.15) is 0 Å². The van der Waals surface area contributed by atoms with Crippen LogP contribution in [-0.4, -0.2) is 6.54 Å². The normalized spacial score (nSPS) is 21.8. The molecule has 3 N–H and O–H groups in total. The maximum Gasteiger partial charge on any atom is 0.0579 e. The maximum absolute atomic E-state index is 6.06. The number of rotatable bonds is 4. The van der Waals surface area contributed by atoms with Crippen molar-refractivity contribution >= 4 is 11.4 Å². The molecule has 0 spiro atoms. The van der Waals surface area contributed by atoms with E-state index in [4.69, 9.17) is 5.73 Å². The van der Waals surface area contributed by atoms with E-state index >= 15 is 0 Å². The number of anilines is 2. The van der Waals surface area contributed by atoms with Crippen LogP contribution in [-0.2, 0) is 0 Å². The predicted molar refractivity (Wildman–Crippen MR) is 68.5 cm³/mol. The highest BCUT2D eigenvalue weighted by atomic mass is 14.9. The molecule has 2 heteroatoms. The highest BCUT2D eigenvalue weighted by Gasteiger charge is 2.53. The van der Waals surface area contributed by atoms with Gasteiger partial charge in [0.05, 0.1) is 11.4 Å². The van der Waals surface area contributed by atoms with Gasteiger partial charge in [0.1, 0.15) is 0 Å². The zero-order valence-corrected chi connectivity index (χ0v) is 9.92. The number of hydrogen-bond donors (Lipinski definition) is 2. The Bertz CT molecular complexity index is 403. The van der Waals surface area contributed by atoms with Crippen molar-refractivity contribution in [3.8, 4) is 0 Å². The van der Waals surface area contributed by atoms with Crippen LogP contribution in [0, 0.1) is 18.3 Å². The number of nitrogens with two attached hydrogens (primary N) is 1. The molecule has 0 atom stereocenters. The van der Waals surface area contributed by atoms with Gasteiger partial charge in [-0.3, -0.25) is 0 Å². The third-order valence-electron chi connectivity index (χ3n) is 4.29. The number of nitrogen functional groups attached to an aromatic ring is 1. The smallest absolute Gasteiger partial charge is 0.0579 e. The van der Waals surface area contributed by atoms with Gasteiger partial charge in [0.25, 0.3) is 0 Å². The molecule has 0 amide bonds. The first-order chi connectivity index (χ1) is 7.71. The molecule has 0 radical (unpaired) electrons. The van der Waals surface area contributed by atoms with Crippen LogP contribution in [0.25, 0.3) is 0 Å². The summed E-state index contributed by atoms with van der Waals surface area (Å²) in [5, 5.41) is 3.55. The largest absolute Gasteiger partial charge is 0.397 e. The number of hydrogen-bond acceptors (Lipinski definition) is 2. The van der Waals surface area contributed by atoms with Crippen molar-refractivity contribution in [2.75, 3.05) is 17.6 Å². The van der Waals surface area contributed by atoms with Gasteiger partial charge in [0.15, 0.2) is 0 Å². The van der Waals surface area contributed by atoms with Crippen LogP contribution in [0.3, 0.4) is 0 Å². The topological polar surface area (TPSA) is 38.0 Å². The molecule has 1 aromatic rings. The Labute approximate surface area is 97.2 Å². The van der Waals surface area contributed by atoms with Gasteiger partial charge in [-0.1, -0.05) is 12.1 Å². The van der Waals surface area contributed by atoms with Gasteiger partial charge in [-0.05, 0) is 55.6 Å². The summed E-state index contributed by atoms with van der Waals surface area (Å²) in [4.78, 5) is 0. The standard InChI is InChI=1S/C14H20N2/c1-10-3-2-4-12(13(10)15)16-9-14(7-8-14)11-5-6-11/h2-4,11,16H,5-9,15H2,1H3. The summed E-state index contributed by atoms with van der Waals surface area (Å²) in [6, 6.07) is 6.23. The summed E-state index contributed by atoms with van der Waals surface area (Å²) in [5.41, 5.74) is 9.89. The molecule has 1 aromatic carbocycles. The highest BCUT2D eigenvalue weighted by molar-refractivity contribution is 5.69. The van der Waals surface area contributed by atoms with Crippen molar-refractivity contribution < 1.29 is 0 Å². The Morgan fingerprint density at radius 1 is 1.38 bits per heavy atom. The van der Waals surface area contributed by atoms with E-state index in [0.29, 0.717) is 5.41 Å². The molecule has 0 aromatic heterocycles. The Balaban J connectivity index is 1.68. The first-order valence-electron chi connectivity index (χ1n) is 6.30. The van der Waals surface area contributed by atoms with E-state index in [9.17, 15) is 0 Å². The van der Waals surface area contributed by atoms with Gasteiger partial charge in [-0.15, -0.1) is 0 Å². The van der Waals surface area contributed by atoms with Crippen molar-refractivity contribution in [3.05, 3.63) is 23.8 Å². The lowest BCUT2D eigenvalue weighted by atomic mass is 10.0. The Hall–Kier alpha value is -1.18. The van der Waals surface area contributed by atoms with Crippen LogP contribution in [0.2, 0.25) is 0 Å². The van der Waals surface area contributed by atoms with E-state index in [0.717, 1.165) is 23.8 Å². The SMILES string of the molecule is Cc1cccc(NCC2(C3CC3)CC2)c1N. The molecule has 86 valence electrons. The molecule has 3 rings (SSSR count). The molecular formula is C14H20N2. The predicted octanol–water partition coefficient (Wildman–Crippen LogP) is 3.18. The van der Waals surface area contributed by atoms with Crippen LogP contribution < -0.4 is 11.1 Å². The molecule has 2 aliphatic rings. The second-order valence-electron chi connectivity index (χ2n) is 5.53. The van der Waals surface area contributed by atoms with Crippen molar-refractivity contribution in [1.82, 2.24) is 0 Å². The summed E-state index contributed by atoms with van der Waals surface area (Å²) in [5.74, 6) is 1.01. The van der Waals surface area contributed by atoms with Gasteiger partial charge < -0.3 is 11.1 Å². The zero-order chi connectivity index (χ0) is 11.2. The minimum absolute atomic E-state index is 0.635. The third kappa shape index (κ3) is 1.66. The Morgan fingerprint density at radius 3 is 2.75 bits per heavy atom. The molecule has 2 fully saturated rings. The molecule has 0 saturated heterocycles. The van der Waals surface area contributed by atoms with Gasteiger partial charge in [-0.25, -0.2) is 0 Å². The number of nitrogens with one attached hydrogen (secondary N) is 1. The summed E-state index contributed by atoms with van der Waals surface area (Å²) in [7, 11) is 0. The Morgan fingerprint density at radius 2 is 2.12 bits per heavy atom. The minimum Gasteiger partial charge on any atom is -0.397 e. The quantitative estimate of drug-likeness (QED) is 0.759. The summed E-state index contributed by atoms with van der Waals surface area (Å²) in [6.45, 7) is 3.18. The average molecular weight is 216 g/mol. The van der Waals surface area contributed by atoms with Crippen molar-refractivity contribution in [1.29, 1.82) is 0 Å². The summed E-state index contributed by atoms with van der Waals surface area (Å²) < 4.78 is 0. The zero-order valence-electron chi connectivity index (χ0n) is 9.92. The lowest BCUT2D eigenvalue weighted by Crippen LogP contribution is -2.18. The summed E-state index contributed by atoms with van der Waals surface area (Å²) in [6.07, 6.45) is 5.72. The van der Waals surface area contributed by atoms with Crippen molar-refractivity contribution in [3.63, 3.8) is 0 Å². The highest BCUT2D eigenvalue weighted by Crippen LogP contribution is 2.61. The maximum atomic E-state index is 6.06. The van der Waals surface area contributed by atoms with Crippen LogP contribution >= 0.6 is 0 Å². The van der Waals surface area contributed by atoms with E-state index in [2.05, 4.69) is 30.4 Å². The molecule has 2 nitrogen and oxygen atoms in total. The molecule has 2 saturated carbocycles. The van der Waals surface area contributed by atoms with E-state index in [1.54, 1.807) is 0 Å². The molecule has 0 bridgehead atoms. The molecule has 0 aliphatic heterocycles. The first kappa shape index (κ1) is 10.0. The second kappa shape index (κ2) is 3.41. The van der Waals surface area contributed by atoms with E-state index in [1.165, 1.54) is 31.2 Å². The monoisotopic (exact) mass is 216 g/mol. The molecule has 2 aliphatic carbocycles. The number of para-hydroxylation sites is 1. The lowest BCUT2D eigenvalue weighted by molar-refractivity contribution is 0.467. The molecule has 16 heavy (non-hydrogen) atoms. The fraction of sp³-hybridized carbons (Fsp3) is 0.571. The van der Waals surface area contributed by atoms with E-state index in [-0.39, 0.29) is 0 Å². The van der Waals surface area contributed by atoms with Crippen molar-refractivity contribution in [2.45, 2.75) is 32.6 Å². The molecule has 0 heterocycles. The van der Waals surface area contributed by atoms with Gasteiger partial charge in [0, 0.05) is 6.54 Å². The Kier molecular flexibility index (Phi) is 2.13. The first-order valence-corrected chi connectivity index (χ1v) is 6.30. The minimum atomic E-state index is 0.635. The molecular weight excluding hydrogens is 196 g/mol. The number of aryl methyl sites for hydroxylation is 1. The average Bonchev–Trinajstić information content (AvgIpc) is 3.14. The molecule has 0 unspecified atom stereocenters. The second-order valence-corrected chi connectivity index (χ2v) is 5.53. The van der Waals surface area contributed by atoms with Crippen LogP contribution in [0.5, 0.6) is 0 Å². The van der Waals surface area contributed by atoms with Crippen LogP contribution in [0.15, 0.2) is 18.2 Å². The fourth-order valence-electron chi connectivity index (χ4n) is 2.69. The van der Waals surface area contributed by atoms with Gasteiger partial charge >= 0.3 is 0 Å². The fourth-order valence-corrected chi connectivity index (χ4v) is 2.69. The lowest BCUT2D eigenvalue weighted by Gasteiger charge is -2.17.